The van der Waals surface area contributed by atoms with Crippen molar-refractivity contribution in [3.05, 3.63) is 65.3 Å². The minimum Gasteiger partial charge on any atom is -0.305 e. The average Bonchev–Trinajstić information content (AvgIpc) is 3.10. The molecule has 5 heteroatoms. The van der Waals surface area contributed by atoms with E-state index in [1.807, 2.05) is 41.2 Å². The van der Waals surface area contributed by atoms with Crippen LogP contribution in [0.3, 0.4) is 0 Å². The van der Waals surface area contributed by atoms with Gasteiger partial charge in [-0.3, -0.25) is 9.88 Å². The molecule has 1 saturated heterocycles. The van der Waals surface area contributed by atoms with Crippen molar-refractivity contribution in [2.45, 2.75) is 25.9 Å². The van der Waals surface area contributed by atoms with E-state index in [-0.39, 0.29) is 0 Å². The smallest absolute Gasteiger partial charge is 0.137 e. The Hall–Kier alpha value is -1.91. The van der Waals surface area contributed by atoms with Gasteiger partial charge in [0.1, 0.15) is 5.65 Å². The van der Waals surface area contributed by atoms with Crippen molar-refractivity contribution in [2.75, 3.05) is 6.54 Å². The Morgan fingerprint density at radius 3 is 3.00 bits per heavy atom. The van der Waals surface area contributed by atoms with Crippen LogP contribution in [0.15, 0.2) is 49.1 Å². The van der Waals surface area contributed by atoms with Crippen molar-refractivity contribution in [1.29, 1.82) is 0 Å². The molecule has 1 aliphatic rings. The van der Waals surface area contributed by atoms with Crippen LogP contribution < -0.4 is 0 Å². The van der Waals surface area contributed by atoms with Gasteiger partial charge in [-0.1, -0.05) is 24.6 Å². The summed E-state index contributed by atoms with van der Waals surface area (Å²) >= 11 is 6.05. The van der Waals surface area contributed by atoms with Crippen LogP contribution in [-0.4, -0.2) is 25.8 Å². The highest BCUT2D eigenvalue weighted by molar-refractivity contribution is 6.30. The van der Waals surface area contributed by atoms with Gasteiger partial charge in [-0.05, 0) is 36.1 Å². The van der Waals surface area contributed by atoms with Crippen LogP contribution in [0.1, 0.15) is 30.6 Å². The van der Waals surface area contributed by atoms with Gasteiger partial charge in [-0.15, -0.1) is 0 Å². The molecular formula is C18H19ClN4. The van der Waals surface area contributed by atoms with Gasteiger partial charge in [0.25, 0.3) is 0 Å². The van der Waals surface area contributed by atoms with Crippen LogP contribution in [0.4, 0.5) is 0 Å². The Balaban J connectivity index is 1.60. The van der Waals surface area contributed by atoms with Crippen LogP contribution in [0.2, 0.25) is 5.02 Å². The Kier molecular flexibility index (Phi) is 3.79. The fraction of sp³-hybridized carbons (Fsp3) is 0.333. The molecule has 23 heavy (non-hydrogen) atoms. The summed E-state index contributed by atoms with van der Waals surface area (Å²) < 4.78 is 2.00. The number of fused-ring (bicyclic) bond motifs is 1. The number of halogens is 1. The highest BCUT2D eigenvalue weighted by Crippen LogP contribution is 2.35. The molecule has 118 valence electrons. The molecule has 0 amide bonds. The van der Waals surface area contributed by atoms with E-state index in [4.69, 9.17) is 16.6 Å². The molecule has 0 aliphatic carbocycles. The van der Waals surface area contributed by atoms with Gasteiger partial charge in [0.2, 0.25) is 0 Å². The lowest BCUT2D eigenvalue weighted by molar-refractivity contribution is 0.242. The molecule has 0 saturated carbocycles. The quantitative estimate of drug-likeness (QED) is 0.730. The lowest BCUT2D eigenvalue weighted by Gasteiger charge is -2.23. The zero-order chi connectivity index (χ0) is 15.8. The molecule has 2 atom stereocenters. The normalized spacial score (nSPS) is 22.0. The SMILES string of the molecule is C[C@@H]1C[C@@H](c2cccnc2)N(Cc2cn3cc(Cl)ccc3n2)C1. The molecule has 1 fully saturated rings. The fourth-order valence-electron chi connectivity index (χ4n) is 3.53. The molecule has 0 aromatic carbocycles. The van der Waals surface area contributed by atoms with Crippen LogP contribution in [-0.2, 0) is 6.54 Å². The number of imidazole rings is 1. The van der Waals surface area contributed by atoms with Gasteiger partial charge >= 0.3 is 0 Å². The predicted molar refractivity (Wildman–Crippen MR) is 91.4 cm³/mol. The van der Waals surface area contributed by atoms with Crippen molar-refractivity contribution in [1.82, 2.24) is 19.3 Å². The summed E-state index contributed by atoms with van der Waals surface area (Å²) in [4.78, 5) is 11.5. The fourth-order valence-corrected chi connectivity index (χ4v) is 3.70. The minimum absolute atomic E-state index is 0.423. The third kappa shape index (κ3) is 2.96. The molecule has 4 nitrogen and oxygen atoms in total. The van der Waals surface area contributed by atoms with Crippen molar-refractivity contribution >= 4 is 17.2 Å². The second kappa shape index (κ2) is 5.95. The molecule has 4 rings (SSSR count). The van der Waals surface area contributed by atoms with Gasteiger partial charge < -0.3 is 4.40 Å². The van der Waals surface area contributed by atoms with E-state index in [2.05, 4.69) is 29.1 Å². The largest absolute Gasteiger partial charge is 0.305 e. The maximum Gasteiger partial charge on any atom is 0.137 e. The summed E-state index contributed by atoms with van der Waals surface area (Å²) in [5, 5.41) is 0.726. The molecule has 4 heterocycles. The average molecular weight is 327 g/mol. The van der Waals surface area contributed by atoms with Crippen molar-refractivity contribution in [2.24, 2.45) is 5.92 Å². The number of hydrogen-bond acceptors (Lipinski definition) is 3. The summed E-state index contributed by atoms with van der Waals surface area (Å²) in [6.07, 6.45) is 8.96. The number of aromatic nitrogens is 3. The Labute approximate surface area is 140 Å². The number of rotatable bonds is 3. The van der Waals surface area contributed by atoms with Crippen molar-refractivity contribution in [3.8, 4) is 0 Å². The van der Waals surface area contributed by atoms with Crippen LogP contribution in [0.25, 0.3) is 5.65 Å². The van der Waals surface area contributed by atoms with Crippen LogP contribution >= 0.6 is 11.6 Å². The van der Waals surface area contributed by atoms with Gasteiger partial charge in [-0.2, -0.15) is 0 Å². The Morgan fingerprint density at radius 2 is 2.17 bits per heavy atom. The van der Waals surface area contributed by atoms with Gasteiger partial charge in [-0.25, -0.2) is 4.98 Å². The van der Waals surface area contributed by atoms with Crippen LogP contribution in [0.5, 0.6) is 0 Å². The topological polar surface area (TPSA) is 33.4 Å². The standard InChI is InChI=1S/C18H19ClN4/c1-13-7-17(14-3-2-6-20-8-14)22(9-13)11-16-12-23-10-15(19)4-5-18(23)21-16/h2-6,8,10,12-13,17H,7,9,11H2,1H3/t13-,17+/m1/s1. The van der Waals surface area contributed by atoms with E-state index < -0.39 is 0 Å². The van der Waals surface area contributed by atoms with E-state index in [0.29, 0.717) is 12.0 Å². The third-order valence-corrected chi connectivity index (χ3v) is 4.74. The molecule has 3 aromatic heterocycles. The second-order valence-electron chi connectivity index (χ2n) is 6.42. The molecule has 0 bridgehead atoms. The summed E-state index contributed by atoms with van der Waals surface area (Å²) in [7, 11) is 0. The lowest BCUT2D eigenvalue weighted by atomic mass is 10.0. The van der Waals surface area contributed by atoms with E-state index in [1.54, 1.807) is 0 Å². The highest BCUT2D eigenvalue weighted by atomic mass is 35.5. The van der Waals surface area contributed by atoms with E-state index in [9.17, 15) is 0 Å². The summed E-state index contributed by atoms with van der Waals surface area (Å²) in [6, 6.07) is 8.45. The number of likely N-dealkylation sites (tertiary alicyclic amines) is 1. The lowest BCUT2D eigenvalue weighted by Crippen LogP contribution is -2.23. The maximum atomic E-state index is 6.05. The zero-order valence-corrected chi connectivity index (χ0v) is 13.8. The van der Waals surface area contributed by atoms with Crippen molar-refractivity contribution < 1.29 is 0 Å². The molecule has 0 unspecified atom stereocenters. The molecular weight excluding hydrogens is 308 g/mol. The van der Waals surface area contributed by atoms with Gasteiger partial charge in [0.05, 0.1) is 10.7 Å². The summed E-state index contributed by atoms with van der Waals surface area (Å²) in [6.45, 7) is 4.25. The van der Waals surface area contributed by atoms with Gasteiger partial charge in [0.15, 0.2) is 0 Å². The van der Waals surface area contributed by atoms with Gasteiger partial charge in [0, 0.05) is 43.9 Å². The molecule has 0 N–H and O–H groups in total. The van der Waals surface area contributed by atoms with Crippen molar-refractivity contribution in [3.63, 3.8) is 0 Å². The van der Waals surface area contributed by atoms with E-state index >= 15 is 0 Å². The third-order valence-electron chi connectivity index (χ3n) is 4.51. The first-order chi connectivity index (χ1) is 11.2. The summed E-state index contributed by atoms with van der Waals surface area (Å²) in [5.74, 6) is 0.687. The minimum atomic E-state index is 0.423. The van der Waals surface area contributed by atoms with Crippen LogP contribution in [0, 0.1) is 5.92 Å². The molecule has 0 radical (unpaired) electrons. The zero-order valence-electron chi connectivity index (χ0n) is 13.1. The highest BCUT2D eigenvalue weighted by Gasteiger charge is 2.31. The monoisotopic (exact) mass is 326 g/mol. The summed E-state index contributed by atoms with van der Waals surface area (Å²) in [5.41, 5.74) is 3.31. The number of hydrogen-bond donors (Lipinski definition) is 0. The first-order valence-electron chi connectivity index (χ1n) is 7.96. The second-order valence-corrected chi connectivity index (χ2v) is 6.85. The molecule has 1 aliphatic heterocycles. The first-order valence-corrected chi connectivity index (χ1v) is 8.34. The molecule has 3 aromatic rings. The number of nitrogens with zero attached hydrogens (tertiary/aromatic N) is 4. The first kappa shape index (κ1) is 14.7. The Bertz CT molecular complexity index is 814. The molecule has 0 spiro atoms. The number of pyridine rings is 2. The van der Waals surface area contributed by atoms with E-state index in [1.165, 1.54) is 12.0 Å². The maximum absolute atomic E-state index is 6.05. The van der Waals surface area contributed by atoms with E-state index in [0.717, 1.165) is 29.5 Å². The predicted octanol–water partition coefficient (Wildman–Crippen LogP) is 3.97. The Morgan fingerprint density at radius 1 is 1.26 bits per heavy atom.